The highest BCUT2D eigenvalue weighted by atomic mass is 32.2. The van der Waals surface area contributed by atoms with Crippen LogP contribution < -0.4 is 5.32 Å². The molecule has 4 rings (SSSR count). The third-order valence-corrected chi connectivity index (χ3v) is 5.58. The predicted octanol–water partition coefficient (Wildman–Crippen LogP) is 4.79. The fraction of sp³-hybridized carbons (Fsp3) is 0.136. The van der Waals surface area contributed by atoms with Crippen molar-refractivity contribution in [2.75, 3.05) is 11.1 Å². The second-order valence-electron chi connectivity index (χ2n) is 6.45. The highest BCUT2D eigenvalue weighted by Gasteiger charge is 2.17. The molecule has 29 heavy (non-hydrogen) atoms. The molecule has 2 aromatic carbocycles. The van der Waals surface area contributed by atoms with Crippen molar-refractivity contribution < 1.29 is 9.18 Å². The Bertz CT molecular complexity index is 1280. The van der Waals surface area contributed by atoms with E-state index in [4.69, 9.17) is 0 Å². The number of carbonyl (C=O) groups excluding carboxylic acids is 1. The fourth-order valence-corrected chi connectivity index (χ4v) is 4.15. The third-order valence-electron chi connectivity index (χ3n) is 4.58. The van der Waals surface area contributed by atoms with E-state index in [1.807, 2.05) is 41.7 Å². The van der Waals surface area contributed by atoms with Crippen molar-refractivity contribution in [3.8, 4) is 6.07 Å². The van der Waals surface area contributed by atoms with Crippen LogP contribution in [0.1, 0.15) is 18.1 Å². The number of benzene rings is 2. The van der Waals surface area contributed by atoms with E-state index in [1.54, 1.807) is 12.1 Å². The lowest BCUT2D eigenvalue weighted by atomic mass is 10.1. The predicted molar refractivity (Wildman–Crippen MR) is 113 cm³/mol. The van der Waals surface area contributed by atoms with Crippen LogP contribution in [0.5, 0.6) is 0 Å². The molecule has 1 amide bonds. The Balaban J connectivity index is 1.69. The first kappa shape index (κ1) is 19.0. The molecule has 0 atom stereocenters. The molecule has 1 N–H and O–H groups in total. The second-order valence-corrected chi connectivity index (χ2v) is 7.45. The van der Waals surface area contributed by atoms with Gasteiger partial charge in [-0.2, -0.15) is 5.26 Å². The summed E-state index contributed by atoms with van der Waals surface area (Å²) in [5, 5.41) is 13.2. The maximum atomic E-state index is 13.3. The van der Waals surface area contributed by atoms with Crippen LogP contribution in [-0.4, -0.2) is 21.0 Å². The van der Waals surface area contributed by atoms with E-state index in [0.29, 0.717) is 23.3 Å². The summed E-state index contributed by atoms with van der Waals surface area (Å²) >= 11 is 1.36. The number of thioether (sulfide) groups is 1. The molecule has 5 nitrogen and oxygen atoms in total. The number of nitriles is 1. The zero-order chi connectivity index (χ0) is 20.4. The molecule has 0 bridgehead atoms. The van der Waals surface area contributed by atoms with Gasteiger partial charge in [0, 0.05) is 5.69 Å². The highest BCUT2D eigenvalue weighted by Crippen LogP contribution is 2.30. The number of aromatic nitrogens is 2. The minimum Gasteiger partial charge on any atom is -0.325 e. The Hall–Kier alpha value is -3.37. The van der Waals surface area contributed by atoms with Crippen molar-refractivity contribution in [1.82, 2.24) is 9.38 Å². The summed E-state index contributed by atoms with van der Waals surface area (Å²) in [6.07, 6.45) is 0.686. The van der Waals surface area contributed by atoms with Crippen LogP contribution in [0.3, 0.4) is 0 Å². The summed E-state index contributed by atoms with van der Waals surface area (Å²) in [6, 6.07) is 17.7. The molecule has 7 heteroatoms. The molecule has 2 heterocycles. The van der Waals surface area contributed by atoms with Crippen molar-refractivity contribution >= 4 is 40.0 Å². The smallest absolute Gasteiger partial charge is 0.234 e. The lowest BCUT2D eigenvalue weighted by molar-refractivity contribution is -0.113. The van der Waals surface area contributed by atoms with E-state index in [9.17, 15) is 14.4 Å². The maximum Gasteiger partial charge on any atom is 0.234 e. The number of aryl methyl sites for hydroxylation is 1. The lowest BCUT2D eigenvalue weighted by Gasteiger charge is -2.11. The van der Waals surface area contributed by atoms with E-state index < -0.39 is 5.82 Å². The minimum atomic E-state index is -0.401. The van der Waals surface area contributed by atoms with Crippen molar-refractivity contribution in [1.29, 1.82) is 5.26 Å². The van der Waals surface area contributed by atoms with Crippen molar-refractivity contribution in [2.45, 2.75) is 18.4 Å². The summed E-state index contributed by atoms with van der Waals surface area (Å²) in [4.78, 5) is 17.0. The summed E-state index contributed by atoms with van der Waals surface area (Å²) in [5.74, 6) is -0.491. The first-order valence-corrected chi connectivity index (χ1v) is 10.1. The highest BCUT2D eigenvalue weighted by molar-refractivity contribution is 7.99. The number of imidazole rings is 1. The Morgan fingerprint density at radius 3 is 2.83 bits per heavy atom. The van der Waals surface area contributed by atoms with Gasteiger partial charge in [0.1, 0.15) is 11.9 Å². The number of rotatable bonds is 5. The second kappa shape index (κ2) is 7.94. The Labute approximate surface area is 171 Å². The summed E-state index contributed by atoms with van der Waals surface area (Å²) in [6.45, 7) is 1.99. The number of hydrogen-bond acceptors (Lipinski definition) is 4. The molecule has 0 aliphatic carbocycles. The number of para-hydroxylation sites is 2. The van der Waals surface area contributed by atoms with Gasteiger partial charge in [-0.3, -0.25) is 9.20 Å². The molecule has 144 valence electrons. The van der Waals surface area contributed by atoms with Crippen LogP contribution in [0.25, 0.3) is 16.7 Å². The number of nitrogens with one attached hydrogen (secondary N) is 1. The van der Waals surface area contributed by atoms with Crippen LogP contribution in [0.4, 0.5) is 10.1 Å². The van der Waals surface area contributed by atoms with E-state index in [0.717, 1.165) is 21.6 Å². The average molecular weight is 404 g/mol. The van der Waals surface area contributed by atoms with E-state index in [1.165, 1.54) is 23.9 Å². The summed E-state index contributed by atoms with van der Waals surface area (Å²) in [7, 11) is 0. The standard InChI is InChI=1S/C22H17FN4OS/c1-2-14-10-21(29-13-20(28)25-16-7-5-6-15(23)11-16)27-19-9-4-3-8-18(19)26-22(27)17(14)12-24/h3-11H,2,13H2,1H3,(H,25,28). The van der Waals surface area contributed by atoms with Gasteiger partial charge >= 0.3 is 0 Å². The number of fused-ring (bicyclic) bond motifs is 3. The van der Waals surface area contributed by atoms with Gasteiger partial charge in [-0.15, -0.1) is 0 Å². The Morgan fingerprint density at radius 1 is 1.24 bits per heavy atom. The van der Waals surface area contributed by atoms with Gasteiger partial charge in [-0.1, -0.05) is 36.9 Å². The third kappa shape index (κ3) is 3.67. The molecule has 0 saturated carbocycles. The molecular weight excluding hydrogens is 387 g/mol. The fourth-order valence-electron chi connectivity index (χ4n) is 3.26. The zero-order valence-electron chi connectivity index (χ0n) is 15.6. The van der Waals surface area contributed by atoms with Crippen LogP contribution in [0.15, 0.2) is 59.6 Å². The lowest BCUT2D eigenvalue weighted by Crippen LogP contribution is -2.14. The number of nitrogens with zero attached hydrogens (tertiary/aromatic N) is 3. The van der Waals surface area contributed by atoms with Gasteiger partial charge in [0.05, 0.1) is 27.4 Å². The van der Waals surface area contributed by atoms with Gasteiger partial charge in [-0.25, -0.2) is 9.37 Å². The molecule has 0 spiro atoms. The molecule has 0 fully saturated rings. The maximum absolute atomic E-state index is 13.3. The van der Waals surface area contributed by atoms with Crippen LogP contribution in [0, 0.1) is 17.1 Å². The molecule has 0 saturated heterocycles. The number of carbonyl (C=O) groups is 1. The first-order chi connectivity index (χ1) is 14.1. The monoisotopic (exact) mass is 404 g/mol. The van der Waals surface area contributed by atoms with Gasteiger partial charge in [0.25, 0.3) is 0 Å². The van der Waals surface area contributed by atoms with Crippen molar-refractivity contribution in [2.24, 2.45) is 0 Å². The topological polar surface area (TPSA) is 70.2 Å². The van der Waals surface area contributed by atoms with Crippen LogP contribution >= 0.6 is 11.8 Å². The molecule has 4 aromatic rings. The van der Waals surface area contributed by atoms with Gasteiger partial charge in [-0.05, 0) is 48.4 Å². The van der Waals surface area contributed by atoms with E-state index >= 15 is 0 Å². The summed E-state index contributed by atoms with van der Waals surface area (Å²) < 4.78 is 15.2. The van der Waals surface area contributed by atoms with Gasteiger partial charge in [0.15, 0.2) is 5.65 Å². The Morgan fingerprint density at radius 2 is 2.07 bits per heavy atom. The molecule has 0 aliphatic rings. The number of halogens is 1. The van der Waals surface area contributed by atoms with Crippen LogP contribution in [-0.2, 0) is 11.2 Å². The van der Waals surface area contributed by atoms with Gasteiger partial charge < -0.3 is 5.32 Å². The molecular formula is C22H17FN4OS. The van der Waals surface area contributed by atoms with E-state index in [2.05, 4.69) is 16.4 Å². The van der Waals surface area contributed by atoms with Gasteiger partial charge in [0.2, 0.25) is 5.91 Å². The number of pyridine rings is 1. The minimum absolute atomic E-state index is 0.146. The zero-order valence-corrected chi connectivity index (χ0v) is 16.5. The Kier molecular flexibility index (Phi) is 5.19. The largest absolute Gasteiger partial charge is 0.325 e. The molecule has 0 radical (unpaired) electrons. The SMILES string of the molecule is CCc1cc(SCC(=O)Nc2cccc(F)c2)n2c(nc3ccccc32)c1C#N. The molecule has 0 unspecified atom stereocenters. The number of amides is 1. The first-order valence-electron chi connectivity index (χ1n) is 9.12. The molecule has 2 aromatic heterocycles. The van der Waals surface area contributed by atoms with Crippen LogP contribution in [0.2, 0.25) is 0 Å². The average Bonchev–Trinajstić information content (AvgIpc) is 3.11. The number of anilines is 1. The molecule has 0 aliphatic heterocycles. The normalized spacial score (nSPS) is 10.9. The van der Waals surface area contributed by atoms with Crippen molar-refractivity contribution in [3.05, 3.63) is 71.5 Å². The number of hydrogen-bond donors (Lipinski definition) is 1. The van der Waals surface area contributed by atoms with E-state index in [-0.39, 0.29) is 11.7 Å². The van der Waals surface area contributed by atoms with Crippen molar-refractivity contribution in [3.63, 3.8) is 0 Å². The summed E-state index contributed by atoms with van der Waals surface area (Å²) in [5.41, 5.74) is 4.14. The quantitative estimate of drug-likeness (QED) is 0.486.